The van der Waals surface area contributed by atoms with Crippen molar-refractivity contribution in [3.63, 3.8) is 0 Å². The molecule has 4 rings (SSSR count). The van der Waals surface area contributed by atoms with Gasteiger partial charge in [0.15, 0.2) is 5.58 Å². The van der Waals surface area contributed by atoms with E-state index in [0.717, 1.165) is 37.7 Å². The van der Waals surface area contributed by atoms with E-state index in [9.17, 15) is 9.59 Å². The van der Waals surface area contributed by atoms with Crippen LogP contribution < -0.4 is 11.1 Å². The number of hydrogen-bond donors (Lipinski definition) is 2. The van der Waals surface area contributed by atoms with Gasteiger partial charge in [0, 0.05) is 24.7 Å². The number of fused-ring (bicyclic) bond motifs is 1. The molecule has 0 aliphatic heterocycles. The van der Waals surface area contributed by atoms with Crippen molar-refractivity contribution in [3.05, 3.63) is 70.2 Å². The van der Waals surface area contributed by atoms with Crippen molar-refractivity contribution in [1.82, 2.24) is 15.2 Å². The van der Waals surface area contributed by atoms with Gasteiger partial charge in [-0.3, -0.25) is 9.78 Å². The quantitative estimate of drug-likeness (QED) is 0.672. The fourth-order valence-electron chi connectivity index (χ4n) is 4.29. The van der Waals surface area contributed by atoms with Gasteiger partial charge in [0.05, 0.1) is 5.52 Å². The number of carbonyl (C=O) groups excluding carboxylic acids is 1. The molecule has 1 aliphatic carbocycles. The van der Waals surface area contributed by atoms with Crippen LogP contribution in [0.4, 0.5) is 0 Å². The van der Waals surface area contributed by atoms with E-state index >= 15 is 0 Å². The second-order valence-electron chi connectivity index (χ2n) is 7.88. The van der Waals surface area contributed by atoms with Crippen molar-refractivity contribution >= 4 is 17.0 Å². The number of benzene rings is 2. The van der Waals surface area contributed by atoms with Crippen LogP contribution in [0.1, 0.15) is 47.5 Å². The number of nitrogens with zero attached hydrogens (tertiary/aromatic N) is 1. The highest BCUT2D eigenvalue weighted by molar-refractivity contribution is 5.94. The summed E-state index contributed by atoms with van der Waals surface area (Å²) in [6, 6.07) is 15.9. The van der Waals surface area contributed by atoms with Crippen molar-refractivity contribution in [2.45, 2.75) is 37.6 Å². The Morgan fingerprint density at radius 2 is 1.90 bits per heavy atom. The van der Waals surface area contributed by atoms with Gasteiger partial charge in [-0.15, -0.1) is 0 Å². The number of likely N-dealkylation sites (N-methyl/N-ethyl adjacent to an activating group) is 1. The third kappa shape index (κ3) is 4.59. The maximum atomic E-state index is 12.1. The maximum Gasteiger partial charge on any atom is 0.417 e. The summed E-state index contributed by atoms with van der Waals surface area (Å²) >= 11 is 0. The molecule has 0 unspecified atom stereocenters. The van der Waals surface area contributed by atoms with Crippen LogP contribution in [0, 0.1) is 0 Å². The number of H-pyrrole nitrogens is 1. The van der Waals surface area contributed by atoms with Crippen LogP contribution in [0.25, 0.3) is 11.1 Å². The lowest BCUT2D eigenvalue weighted by Crippen LogP contribution is -2.40. The van der Waals surface area contributed by atoms with E-state index in [4.69, 9.17) is 4.42 Å². The normalized spacial score (nSPS) is 19.5. The molecule has 0 spiro atoms. The van der Waals surface area contributed by atoms with Crippen molar-refractivity contribution in [2.24, 2.45) is 0 Å². The van der Waals surface area contributed by atoms with Crippen LogP contribution in [0.15, 0.2) is 57.7 Å². The number of aromatic amines is 1. The number of amides is 1. The number of aromatic nitrogens is 1. The first-order valence-electron chi connectivity index (χ1n) is 10.3. The van der Waals surface area contributed by atoms with Crippen LogP contribution in [0.2, 0.25) is 0 Å². The van der Waals surface area contributed by atoms with E-state index in [1.165, 1.54) is 5.56 Å². The van der Waals surface area contributed by atoms with E-state index in [1.807, 2.05) is 42.5 Å². The minimum absolute atomic E-state index is 0.0190. The lowest BCUT2D eigenvalue weighted by Gasteiger charge is -2.35. The molecule has 1 heterocycles. The molecule has 6 nitrogen and oxygen atoms in total. The predicted molar refractivity (Wildman–Crippen MR) is 113 cm³/mol. The van der Waals surface area contributed by atoms with E-state index in [2.05, 4.69) is 28.3 Å². The average Bonchev–Trinajstić information content (AvgIpc) is 3.13. The van der Waals surface area contributed by atoms with E-state index in [0.29, 0.717) is 29.7 Å². The van der Waals surface area contributed by atoms with Gasteiger partial charge in [-0.25, -0.2) is 4.79 Å². The summed E-state index contributed by atoms with van der Waals surface area (Å²) in [5.41, 5.74) is 3.34. The minimum Gasteiger partial charge on any atom is -0.408 e. The Bertz CT molecular complexity index is 1020. The summed E-state index contributed by atoms with van der Waals surface area (Å²) in [4.78, 5) is 28.5. The van der Waals surface area contributed by atoms with Gasteiger partial charge in [0.1, 0.15) is 0 Å². The molecular formula is C23H27N3O3. The first kappa shape index (κ1) is 19.5. The van der Waals surface area contributed by atoms with Crippen LogP contribution in [-0.4, -0.2) is 42.0 Å². The van der Waals surface area contributed by atoms with Gasteiger partial charge in [-0.05, 0) is 68.5 Å². The number of carbonyl (C=O) groups is 1. The van der Waals surface area contributed by atoms with E-state index in [1.54, 1.807) is 0 Å². The SMILES string of the molecule is CN(CCNC(=O)c1ccccc1)C1CCC(c2ccc3[nH]c(=O)oc3c2)CC1. The summed E-state index contributed by atoms with van der Waals surface area (Å²) in [6.45, 7) is 1.49. The molecule has 2 aromatic carbocycles. The third-order valence-electron chi connectivity index (χ3n) is 6.02. The lowest BCUT2D eigenvalue weighted by atomic mass is 9.81. The zero-order valence-corrected chi connectivity index (χ0v) is 16.7. The number of rotatable bonds is 6. The summed E-state index contributed by atoms with van der Waals surface area (Å²) in [5, 5.41) is 3.00. The van der Waals surface area contributed by atoms with Crippen LogP contribution in [0.5, 0.6) is 0 Å². The summed E-state index contributed by atoms with van der Waals surface area (Å²) < 4.78 is 5.20. The predicted octanol–water partition coefficient (Wildman–Crippen LogP) is 3.51. The fourth-order valence-corrected chi connectivity index (χ4v) is 4.29. The smallest absolute Gasteiger partial charge is 0.408 e. The van der Waals surface area contributed by atoms with Gasteiger partial charge in [0.2, 0.25) is 0 Å². The summed E-state index contributed by atoms with van der Waals surface area (Å²) in [7, 11) is 2.14. The Morgan fingerprint density at radius 3 is 2.66 bits per heavy atom. The number of oxazole rings is 1. The van der Waals surface area contributed by atoms with Gasteiger partial charge in [-0.2, -0.15) is 0 Å². The first-order valence-corrected chi connectivity index (χ1v) is 10.3. The van der Waals surface area contributed by atoms with Crippen LogP contribution in [0.3, 0.4) is 0 Å². The van der Waals surface area contributed by atoms with Crippen molar-refractivity contribution < 1.29 is 9.21 Å². The average molecular weight is 393 g/mol. The Kier molecular flexibility index (Phi) is 5.81. The first-order chi connectivity index (χ1) is 14.1. The molecule has 1 saturated carbocycles. The molecule has 1 aliphatic rings. The van der Waals surface area contributed by atoms with Gasteiger partial charge in [-0.1, -0.05) is 24.3 Å². The molecule has 1 fully saturated rings. The van der Waals surface area contributed by atoms with E-state index in [-0.39, 0.29) is 5.91 Å². The molecule has 152 valence electrons. The van der Waals surface area contributed by atoms with E-state index < -0.39 is 5.76 Å². The highest BCUT2D eigenvalue weighted by Gasteiger charge is 2.25. The molecule has 1 aromatic heterocycles. The molecule has 3 aromatic rings. The largest absolute Gasteiger partial charge is 0.417 e. The Balaban J connectivity index is 1.25. The molecule has 2 N–H and O–H groups in total. The zero-order chi connectivity index (χ0) is 20.2. The molecule has 0 saturated heterocycles. The second-order valence-corrected chi connectivity index (χ2v) is 7.88. The van der Waals surface area contributed by atoms with Crippen molar-refractivity contribution in [2.75, 3.05) is 20.1 Å². The highest BCUT2D eigenvalue weighted by atomic mass is 16.4. The van der Waals surface area contributed by atoms with Gasteiger partial charge < -0.3 is 14.6 Å². The zero-order valence-electron chi connectivity index (χ0n) is 16.7. The monoisotopic (exact) mass is 393 g/mol. The minimum atomic E-state index is -0.401. The third-order valence-corrected chi connectivity index (χ3v) is 6.02. The molecule has 0 radical (unpaired) electrons. The van der Waals surface area contributed by atoms with Crippen LogP contribution in [-0.2, 0) is 0 Å². The topological polar surface area (TPSA) is 78.3 Å². The standard InChI is InChI=1S/C23H27N3O3/c1-26(14-13-24-22(27)17-5-3-2-4-6-17)19-10-7-16(8-11-19)18-9-12-20-21(15-18)29-23(28)25-20/h2-6,9,12,15-16,19H,7-8,10-11,13-14H2,1H3,(H,24,27)(H,25,28). The Labute approximate surface area is 169 Å². The Hall–Kier alpha value is -2.86. The van der Waals surface area contributed by atoms with Crippen molar-refractivity contribution in [3.8, 4) is 0 Å². The summed E-state index contributed by atoms with van der Waals surface area (Å²) in [5.74, 6) is 0.0818. The van der Waals surface area contributed by atoms with Gasteiger partial charge >= 0.3 is 5.76 Å². The maximum absolute atomic E-state index is 12.1. The lowest BCUT2D eigenvalue weighted by molar-refractivity contribution is 0.0944. The fraction of sp³-hybridized carbons (Fsp3) is 0.391. The van der Waals surface area contributed by atoms with Gasteiger partial charge in [0.25, 0.3) is 5.91 Å². The van der Waals surface area contributed by atoms with Crippen molar-refractivity contribution in [1.29, 1.82) is 0 Å². The molecular weight excluding hydrogens is 366 g/mol. The second kappa shape index (κ2) is 8.66. The molecule has 0 atom stereocenters. The molecule has 6 heteroatoms. The van der Waals surface area contributed by atoms with Crippen LogP contribution >= 0.6 is 0 Å². The number of nitrogens with one attached hydrogen (secondary N) is 2. The molecule has 1 amide bonds. The highest BCUT2D eigenvalue weighted by Crippen LogP contribution is 2.35. The number of hydrogen-bond acceptors (Lipinski definition) is 4. The summed E-state index contributed by atoms with van der Waals surface area (Å²) in [6.07, 6.45) is 4.49. The molecule has 0 bridgehead atoms. The molecule has 29 heavy (non-hydrogen) atoms. The Morgan fingerprint density at radius 1 is 1.14 bits per heavy atom.